The van der Waals surface area contributed by atoms with Crippen molar-refractivity contribution in [3.05, 3.63) is 67.3 Å². The molecule has 6 heterocycles. The van der Waals surface area contributed by atoms with E-state index in [4.69, 9.17) is 14.8 Å². The van der Waals surface area contributed by atoms with Gasteiger partial charge in [-0.1, -0.05) is 0 Å². The van der Waals surface area contributed by atoms with Crippen LogP contribution in [0, 0.1) is 0 Å². The van der Waals surface area contributed by atoms with E-state index in [2.05, 4.69) is 20.0 Å². The highest BCUT2D eigenvalue weighted by molar-refractivity contribution is 5.67. The van der Waals surface area contributed by atoms with Gasteiger partial charge < -0.3 is 14.7 Å². The summed E-state index contributed by atoms with van der Waals surface area (Å²) >= 11 is 0. The normalized spacial score (nSPS) is 14.1. The third-order valence-corrected chi connectivity index (χ3v) is 5.57. The van der Waals surface area contributed by atoms with E-state index >= 15 is 0 Å². The Morgan fingerprint density at radius 3 is 2.45 bits per heavy atom. The summed E-state index contributed by atoms with van der Waals surface area (Å²) in [5.41, 5.74) is 3.81. The fraction of sp³-hybridized carbons (Fsp3) is 0.174. The van der Waals surface area contributed by atoms with E-state index < -0.39 is 0 Å². The van der Waals surface area contributed by atoms with Crippen LogP contribution in [-0.2, 0) is 4.74 Å². The average molecular weight is 440 g/mol. The minimum atomic E-state index is -0.00694. The van der Waals surface area contributed by atoms with Gasteiger partial charge >= 0.3 is 0 Å². The van der Waals surface area contributed by atoms with Gasteiger partial charge in [0.2, 0.25) is 5.88 Å². The predicted octanol–water partition coefficient (Wildman–Crippen LogP) is 2.58. The number of nitrogens with zero attached hydrogens (tertiary/aromatic N) is 8. The zero-order chi connectivity index (χ0) is 22.2. The molecule has 6 rings (SSSR count). The molecule has 1 N–H and O–H groups in total. The fourth-order valence-corrected chi connectivity index (χ4v) is 3.93. The third-order valence-electron chi connectivity index (χ3n) is 5.57. The number of pyridine rings is 2. The van der Waals surface area contributed by atoms with Gasteiger partial charge in [0, 0.05) is 67.2 Å². The van der Waals surface area contributed by atoms with Crippen LogP contribution in [0.5, 0.6) is 5.88 Å². The Bertz CT molecular complexity index is 1410. The van der Waals surface area contributed by atoms with Gasteiger partial charge in [-0.05, 0) is 24.3 Å². The van der Waals surface area contributed by atoms with Crippen molar-refractivity contribution in [1.29, 1.82) is 0 Å². The Balaban J connectivity index is 1.51. The lowest BCUT2D eigenvalue weighted by molar-refractivity contribution is 0.122. The number of hydrogen-bond acceptors (Lipinski definition) is 8. The van der Waals surface area contributed by atoms with Gasteiger partial charge in [0.05, 0.1) is 24.6 Å². The number of fused-ring (bicyclic) bond motifs is 1. The van der Waals surface area contributed by atoms with Crippen molar-refractivity contribution >= 4 is 11.5 Å². The highest BCUT2D eigenvalue weighted by Crippen LogP contribution is 2.28. The van der Waals surface area contributed by atoms with Gasteiger partial charge in [0.25, 0.3) is 0 Å². The Hall–Kier alpha value is -4.31. The predicted molar refractivity (Wildman–Crippen MR) is 121 cm³/mol. The minimum absolute atomic E-state index is 0.00694. The van der Waals surface area contributed by atoms with Gasteiger partial charge in [-0.15, -0.1) is 0 Å². The summed E-state index contributed by atoms with van der Waals surface area (Å²) in [7, 11) is 0. The number of anilines is 1. The standard InChI is InChI=1S/C23H20N8O2/c32-23-13-19(17-2-1-5-25-15-17)28-31(23)21-14-22(29-8-10-33-11-9-29)30-20(26-21)12-18(27-30)16-3-6-24-7-4-16/h1-7,12-15,32H,8-11H2. The second kappa shape index (κ2) is 7.99. The second-order valence-corrected chi connectivity index (χ2v) is 7.65. The van der Waals surface area contributed by atoms with Crippen LogP contribution in [0.1, 0.15) is 0 Å². The van der Waals surface area contributed by atoms with E-state index in [1.807, 2.05) is 40.9 Å². The summed E-state index contributed by atoms with van der Waals surface area (Å²) in [4.78, 5) is 15.2. The summed E-state index contributed by atoms with van der Waals surface area (Å²) in [6.45, 7) is 2.73. The molecular formula is C23H20N8O2. The minimum Gasteiger partial charge on any atom is -0.493 e. The van der Waals surface area contributed by atoms with Gasteiger partial charge in [-0.2, -0.15) is 19.4 Å². The topological polar surface area (TPSA) is 106 Å². The Kier molecular flexibility index (Phi) is 4.69. The quantitative estimate of drug-likeness (QED) is 0.455. The van der Waals surface area contributed by atoms with Crippen LogP contribution >= 0.6 is 0 Å². The number of ether oxygens (including phenoxy) is 1. The van der Waals surface area contributed by atoms with Crippen molar-refractivity contribution in [1.82, 2.24) is 34.3 Å². The van der Waals surface area contributed by atoms with Crippen molar-refractivity contribution in [2.45, 2.75) is 0 Å². The van der Waals surface area contributed by atoms with E-state index in [-0.39, 0.29) is 5.88 Å². The zero-order valence-electron chi connectivity index (χ0n) is 17.6. The lowest BCUT2D eigenvalue weighted by atomic mass is 10.2. The molecule has 0 atom stereocenters. The van der Waals surface area contributed by atoms with E-state index in [9.17, 15) is 5.11 Å². The lowest BCUT2D eigenvalue weighted by Gasteiger charge is -2.29. The summed E-state index contributed by atoms with van der Waals surface area (Å²) < 4.78 is 8.80. The number of rotatable bonds is 4. The molecule has 0 saturated carbocycles. The summed E-state index contributed by atoms with van der Waals surface area (Å²) in [5, 5.41) is 20.1. The molecule has 1 fully saturated rings. The summed E-state index contributed by atoms with van der Waals surface area (Å²) in [5.74, 6) is 1.35. The molecule has 0 bridgehead atoms. The van der Waals surface area contributed by atoms with Crippen LogP contribution in [0.15, 0.2) is 67.3 Å². The van der Waals surface area contributed by atoms with E-state index in [1.54, 1.807) is 30.9 Å². The first-order chi connectivity index (χ1) is 16.3. The average Bonchev–Trinajstić information content (AvgIpc) is 3.49. The van der Waals surface area contributed by atoms with Gasteiger partial charge in [0.1, 0.15) is 5.82 Å². The molecule has 1 aliphatic heterocycles. The molecule has 0 aromatic carbocycles. The molecule has 0 aliphatic carbocycles. The second-order valence-electron chi connectivity index (χ2n) is 7.65. The van der Waals surface area contributed by atoms with Crippen molar-refractivity contribution in [3.8, 4) is 34.2 Å². The zero-order valence-corrected chi connectivity index (χ0v) is 17.6. The molecular weight excluding hydrogens is 420 g/mol. The smallest absolute Gasteiger partial charge is 0.216 e. The first-order valence-corrected chi connectivity index (χ1v) is 10.6. The fourth-order valence-electron chi connectivity index (χ4n) is 3.93. The monoisotopic (exact) mass is 440 g/mol. The number of aromatic hydroxyl groups is 1. The van der Waals surface area contributed by atoms with Crippen LogP contribution < -0.4 is 4.90 Å². The maximum atomic E-state index is 10.7. The van der Waals surface area contributed by atoms with Gasteiger partial charge in [0.15, 0.2) is 11.5 Å². The van der Waals surface area contributed by atoms with Crippen LogP contribution in [0.3, 0.4) is 0 Å². The Morgan fingerprint density at radius 2 is 1.67 bits per heavy atom. The summed E-state index contributed by atoms with van der Waals surface area (Å²) in [6.07, 6.45) is 6.88. The first-order valence-electron chi connectivity index (χ1n) is 10.6. The van der Waals surface area contributed by atoms with Gasteiger partial charge in [-0.25, -0.2) is 4.98 Å². The molecule has 33 heavy (non-hydrogen) atoms. The summed E-state index contributed by atoms with van der Waals surface area (Å²) in [6, 6.07) is 13.0. The molecule has 10 heteroatoms. The molecule has 0 amide bonds. The molecule has 0 unspecified atom stereocenters. The lowest BCUT2D eigenvalue weighted by Crippen LogP contribution is -2.37. The van der Waals surface area contributed by atoms with E-state index in [1.165, 1.54) is 4.68 Å². The molecule has 5 aromatic rings. The largest absolute Gasteiger partial charge is 0.493 e. The Labute approximate surface area is 188 Å². The molecule has 0 radical (unpaired) electrons. The maximum Gasteiger partial charge on any atom is 0.216 e. The van der Waals surface area contributed by atoms with Crippen molar-refractivity contribution < 1.29 is 9.84 Å². The SMILES string of the molecule is Oc1cc(-c2cccnc2)nn1-c1cc(N2CCOCC2)n2nc(-c3ccncc3)cc2n1. The first kappa shape index (κ1) is 19.4. The maximum absolute atomic E-state index is 10.7. The van der Waals surface area contributed by atoms with Crippen LogP contribution in [0.2, 0.25) is 0 Å². The Morgan fingerprint density at radius 1 is 0.848 bits per heavy atom. The number of aromatic nitrogens is 7. The van der Waals surface area contributed by atoms with Crippen LogP contribution in [0.25, 0.3) is 34.0 Å². The number of hydrogen-bond donors (Lipinski definition) is 1. The van der Waals surface area contributed by atoms with E-state index in [0.29, 0.717) is 30.4 Å². The van der Waals surface area contributed by atoms with Crippen molar-refractivity contribution in [2.75, 3.05) is 31.2 Å². The molecule has 164 valence electrons. The highest BCUT2D eigenvalue weighted by atomic mass is 16.5. The van der Waals surface area contributed by atoms with Gasteiger partial charge in [-0.3, -0.25) is 9.97 Å². The molecule has 5 aromatic heterocycles. The molecule has 1 aliphatic rings. The van der Waals surface area contributed by atoms with Crippen LogP contribution in [-0.4, -0.2) is 65.8 Å². The molecule has 1 saturated heterocycles. The third kappa shape index (κ3) is 3.56. The molecule has 10 nitrogen and oxygen atoms in total. The van der Waals surface area contributed by atoms with Crippen molar-refractivity contribution in [2.24, 2.45) is 0 Å². The van der Waals surface area contributed by atoms with E-state index in [0.717, 1.165) is 35.7 Å². The van der Waals surface area contributed by atoms with Crippen LogP contribution in [0.4, 0.5) is 5.82 Å². The number of morpholine rings is 1. The highest BCUT2D eigenvalue weighted by Gasteiger charge is 2.20. The molecule has 0 spiro atoms. The van der Waals surface area contributed by atoms with Crippen molar-refractivity contribution in [3.63, 3.8) is 0 Å².